The lowest BCUT2D eigenvalue weighted by molar-refractivity contribution is 0.838. The highest BCUT2D eigenvalue weighted by atomic mass is 14.9. The molecule has 0 aliphatic carbocycles. The van der Waals surface area contributed by atoms with Gasteiger partial charge in [-0.1, -0.05) is 110 Å². The fraction of sp³-hybridized carbons (Fsp3) is 0.273. The van der Waals surface area contributed by atoms with E-state index in [1.54, 1.807) is 0 Å². The van der Waals surface area contributed by atoms with Crippen LogP contribution in [0, 0.1) is 22.7 Å². The van der Waals surface area contributed by atoms with E-state index in [9.17, 15) is 10.5 Å². The molecule has 0 amide bonds. The first-order chi connectivity index (χ1) is 22.6. The van der Waals surface area contributed by atoms with Crippen LogP contribution in [0.3, 0.4) is 0 Å². The van der Waals surface area contributed by atoms with Gasteiger partial charge in [0.15, 0.2) is 0 Å². The highest BCUT2D eigenvalue weighted by Crippen LogP contribution is 2.46. The van der Waals surface area contributed by atoms with Crippen molar-refractivity contribution < 1.29 is 0 Å². The highest BCUT2D eigenvalue weighted by Gasteiger charge is 2.25. The second-order valence-corrected chi connectivity index (χ2v) is 14.3. The van der Waals surface area contributed by atoms with E-state index in [1.807, 2.05) is 0 Å². The van der Waals surface area contributed by atoms with Crippen molar-refractivity contribution in [2.24, 2.45) is 0 Å². The van der Waals surface area contributed by atoms with Crippen LogP contribution in [0.1, 0.15) is 112 Å². The van der Waals surface area contributed by atoms with E-state index >= 15 is 0 Å². The van der Waals surface area contributed by atoms with Gasteiger partial charge in [0.1, 0.15) is 0 Å². The summed E-state index contributed by atoms with van der Waals surface area (Å²) in [5, 5.41) is 25.8. The van der Waals surface area contributed by atoms with Crippen LogP contribution >= 0.6 is 0 Å². The summed E-state index contributed by atoms with van der Waals surface area (Å²) >= 11 is 0. The molecule has 2 heterocycles. The Kier molecular flexibility index (Phi) is 7.33. The smallest absolute Gasteiger partial charge is 0.0998 e. The highest BCUT2D eigenvalue weighted by molar-refractivity contribution is 6.24. The molecular weight excluding hydrogens is 571 g/mol. The van der Waals surface area contributed by atoms with E-state index in [-0.39, 0.29) is 0 Å². The molecule has 0 fully saturated rings. The van der Waals surface area contributed by atoms with E-state index in [1.165, 1.54) is 33.4 Å². The average molecular weight is 612 g/mol. The predicted octanol–water partition coefficient (Wildman–Crippen LogP) is 12.4. The van der Waals surface area contributed by atoms with Gasteiger partial charge >= 0.3 is 0 Å². The second kappa shape index (κ2) is 11.3. The first-order valence-electron chi connectivity index (χ1n) is 16.9. The first-order valence-corrected chi connectivity index (χ1v) is 16.9. The van der Waals surface area contributed by atoms with Crippen molar-refractivity contribution in [3.05, 3.63) is 112 Å². The lowest BCUT2D eigenvalue weighted by atomic mass is 9.83. The number of nitrogens with zero attached hydrogens (tertiary/aromatic N) is 3. The number of fused-ring (bicyclic) bond motifs is 6. The zero-order valence-corrected chi connectivity index (χ0v) is 28.7. The van der Waals surface area contributed by atoms with E-state index < -0.39 is 0 Å². The minimum atomic E-state index is 0.320. The largest absolute Gasteiger partial charge is 0.308 e. The van der Waals surface area contributed by atoms with Crippen molar-refractivity contribution in [3.63, 3.8) is 0 Å². The van der Waals surface area contributed by atoms with Crippen molar-refractivity contribution >= 4 is 38.1 Å². The van der Waals surface area contributed by atoms with Crippen molar-refractivity contribution in [1.82, 2.24) is 4.40 Å². The topological polar surface area (TPSA) is 52.0 Å². The van der Waals surface area contributed by atoms with Gasteiger partial charge in [-0.3, -0.25) is 0 Å². The van der Waals surface area contributed by atoms with Crippen molar-refractivity contribution in [1.29, 1.82) is 10.5 Å². The van der Waals surface area contributed by atoms with Gasteiger partial charge in [0.05, 0.1) is 39.8 Å². The van der Waals surface area contributed by atoms with Crippen LogP contribution < -0.4 is 0 Å². The maximum Gasteiger partial charge on any atom is 0.0998 e. The minimum Gasteiger partial charge on any atom is -0.308 e. The van der Waals surface area contributed by atoms with Gasteiger partial charge in [0.2, 0.25) is 0 Å². The quantitative estimate of drug-likeness (QED) is 0.188. The number of para-hydroxylation sites is 1. The van der Waals surface area contributed by atoms with Gasteiger partial charge in [-0.25, -0.2) is 0 Å². The number of rotatable bonds is 6. The summed E-state index contributed by atoms with van der Waals surface area (Å²) in [5.74, 6) is 1.28. The van der Waals surface area contributed by atoms with Crippen molar-refractivity contribution in [2.75, 3.05) is 0 Å². The molecule has 0 bridgehead atoms. The molecule has 7 rings (SSSR count). The Balaban J connectivity index is 1.60. The SMILES string of the molecule is CC(C)c1cccc(C(C)C)c1-c1cc2c3cccc4c5cc(-c6c(C(C)C)cccc6C(C)C)c(C#N)cc5n(c2cc1C#N)c34. The predicted molar refractivity (Wildman–Crippen MR) is 198 cm³/mol. The summed E-state index contributed by atoms with van der Waals surface area (Å²) in [7, 11) is 0. The fourth-order valence-electron chi connectivity index (χ4n) is 7.89. The molecule has 2 aromatic heterocycles. The van der Waals surface area contributed by atoms with Crippen LogP contribution in [-0.2, 0) is 0 Å². The van der Waals surface area contributed by atoms with E-state index in [4.69, 9.17) is 0 Å². The summed E-state index contributed by atoms with van der Waals surface area (Å²) in [6.45, 7) is 17.8. The third-order valence-electron chi connectivity index (χ3n) is 10.1. The third kappa shape index (κ3) is 4.52. The molecule has 47 heavy (non-hydrogen) atoms. The lowest BCUT2D eigenvalue weighted by Crippen LogP contribution is -2.01. The standard InChI is InChI=1S/C44H41N3/c1-24(2)30-12-9-13-31(25(3)4)42(30)36-20-38-34-16-11-17-35-39-21-37(43-32(26(5)6)14-10-15-33(43)27(7)8)29(23-46)19-41(39)47(44(34)35)40(38)18-28(36)22-45/h9-21,24-27H,1-8H3. The second-order valence-electron chi connectivity index (χ2n) is 14.3. The zero-order valence-electron chi connectivity index (χ0n) is 28.7. The Hall–Kier alpha value is -5.12. The van der Waals surface area contributed by atoms with Gasteiger partial charge in [-0.2, -0.15) is 10.5 Å². The Labute approximate surface area is 278 Å². The summed E-state index contributed by atoms with van der Waals surface area (Å²) in [5.41, 5.74) is 13.9. The van der Waals surface area contributed by atoms with Gasteiger partial charge < -0.3 is 4.40 Å². The Morgan fingerprint density at radius 2 is 0.809 bits per heavy atom. The lowest BCUT2D eigenvalue weighted by Gasteiger charge is -2.21. The molecule has 3 heteroatoms. The molecule has 232 valence electrons. The van der Waals surface area contributed by atoms with Gasteiger partial charge in [-0.15, -0.1) is 0 Å². The molecular formula is C44H41N3. The van der Waals surface area contributed by atoms with Crippen LogP contribution in [0.5, 0.6) is 0 Å². The molecule has 5 aromatic carbocycles. The number of aromatic nitrogens is 1. The van der Waals surface area contributed by atoms with Crippen LogP contribution in [0.15, 0.2) is 78.9 Å². The maximum absolute atomic E-state index is 10.6. The Morgan fingerprint density at radius 3 is 1.13 bits per heavy atom. The fourth-order valence-corrected chi connectivity index (χ4v) is 7.89. The monoisotopic (exact) mass is 611 g/mol. The van der Waals surface area contributed by atoms with Crippen LogP contribution in [0.4, 0.5) is 0 Å². The molecule has 0 saturated heterocycles. The van der Waals surface area contributed by atoms with Crippen LogP contribution in [0.2, 0.25) is 0 Å². The molecule has 0 saturated carbocycles. The summed E-state index contributed by atoms with van der Waals surface area (Å²) in [6, 6.07) is 33.5. The molecule has 0 radical (unpaired) electrons. The van der Waals surface area contributed by atoms with E-state index in [0.29, 0.717) is 34.8 Å². The molecule has 7 aromatic rings. The Bertz CT molecular complexity index is 2220. The van der Waals surface area contributed by atoms with Gasteiger partial charge in [0, 0.05) is 32.7 Å². The average Bonchev–Trinajstić information content (AvgIpc) is 3.57. The molecule has 3 nitrogen and oxygen atoms in total. The zero-order chi connectivity index (χ0) is 33.3. The molecule has 0 unspecified atom stereocenters. The van der Waals surface area contributed by atoms with Crippen molar-refractivity contribution in [2.45, 2.75) is 79.1 Å². The third-order valence-corrected chi connectivity index (χ3v) is 10.1. The minimum absolute atomic E-state index is 0.320. The molecule has 0 aliphatic heterocycles. The summed E-state index contributed by atoms with van der Waals surface area (Å²) in [6.07, 6.45) is 0. The first kappa shape index (κ1) is 30.5. The summed E-state index contributed by atoms with van der Waals surface area (Å²) < 4.78 is 2.29. The van der Waals surface area contributed by atoms with Gasteiger partial charge in [0.25, 0.3) is 0 Å². The molecule has 0 N–H and O–H groups in total. The van der Waals surface area contributed by atoms with Crippen LogP contribution in [-0.4, -0.2) is 4.40 Å². The number of nitriles is 2. The molecule has 0 spiro atoms. The van der Waals surface area contributed by atoms with E-state index in [0.717, 1.165) is 49.2 Å². The summed E-state index contributed by atoms with van der Waals surface area (Å²) in [4.78, 5) is 0. The van der Waals surface area contributed by atoms with Crippen molar-refractivity contribution in [3.8, 4) is 34.4 Å². The van der Waals surface area contributed by atoms with Gasteiger partial charge in [-0.05, 0) is 81.3 Å². The normalized spacial score (nSPS) is 12.1. The number of hydrogen-bond donors (Lipinski definition) is 0. The Morgan fingerprint density at radius 1 is 0.468 bits per heavy atom. The number of hydrogen-bond acceptors (Lipinski definition) is 2. The maximum atomic E-state index is 10.6. The van der Waals surface area contributed by atoms with E-state index in [2.05, 4.69) is 151 Å². The molecule has 0 atom stereocenters. The number of benzene rings is 5. The van der Waals surface area contributed by atoms with Crippen LogP contribution in [0.25, 0.3) is 60.3 Å². The molecule has 0 aliphatic rings.